The fraction of sp³-hybridized carbons (Fsp3) is 0.490. The number of benzene rings is 2. The van der Waals surface area contributed by atoms with Crippen LogP contribution in [0.2, 0.25) is 0 Å². The highest BCUT2D eigenvalue weighted by atomic mass is 16.5. The number of carbonyl (C=O) groups is 5. The minimum Gasteiger partial charge on any atom is -0.508 e. The zero-order chi connectivity index (χ0) is 48.3. The van der Waals surface area contributed by atoms with Gasteiger partial charge in [-0.1, -0.05) is 46.4 Å². The van der Waals surface area contributed by atoms with Crippen LogP contribution in [0.25, 0.3) is 33.3 Å². The summed E-state index contributed by atoms with van der Waals surface area (Å²) < 4.78 is 14.2. The number of hydrogen-bond donors (Lipinski definition) is 3. The first-order valence-electron chi connectivity index (χ1n) is 23.4. The van der Waals surface area contributed by atoms with Crippen molar-refractivity contribution in [1.82, 2.24) is 40.0 Å². The second-order valence-electron chi connectivity index (χ2n) is 19.1. The molecule has 3 N–H and O–H groups in total. The van der Waals surface area contributed by atoms with Gasteiger partial charge >= 0.3 is 12.0 Å². The van der Waals surface area contributed by atoms with E-state index in [-0.39, 0.29) is 62.4 Å². The maximum atomic E-state index is 14.7. The van der Waals surface area contributed by atoms with E-state index in [0.29, 0.717) is 50.0 Å². The number of phenols is 1. The van der Waals surface area contributed by atoms with Crippen molar-refractivity contribution in [3.8, 4) is 28.1 Å². The average Bonchev–Trinajstić information content (AvgIpc) is 3.62. The highest BCUT2D eigenvalue weighted by molar-refractivity contribution is 5.96. The molecule has 2 fully saturated rings. The lowest BCUT2D eigenvalue weighted by molar-refractivity contribution is -0.155. The number of carbonyl (C=O) groups excluding carboxylic acids is 5. The van der Waals surface area contributed by atoms with Gasteiger partial charge in [0.1, 0.15) is 23.9 Å². The number of aryl methyl sites for hydroxylation is 1. The molecule has 0 unspecified atom stereocenters. The molecule has 2 saturated heterocycles. The van der Waals surface area contributed by atoms with Gasteiger partial charge in [-0.25, -0.2) is 10.2 Å². The summed E-state index contributed by atoms with van der Waals surface area (Å²) in [5.41, 5.74) is 9.52. The number of piperazine rings is 1. The monoisotopic (exact) mass is 919 g/mol. The number of cyclic esters (lactones) is 1. The molecule has 67 heavy (non-hydrogen) atoms. The summed E-state index contributed by atoms with van der Waals surface area (Å²) in [6.45, 7) is 17.8. The molecule has 0 saturated carbocycles. The molecule has 3 aliphatic rings. The number of rotatable bonds is 9. The molecular weight excluding hydrogens is 853 g/mol. The molecule has 4 atom stereocenters. The number of fused-ring (bicyclic) bond motifs is 6. The van der Waals surface area contributed by atoms with Crippen LogP contribution in [0.3, 0.4) is 0 Å². The molecule has 358 valence electrons. The Balaban J connectivity index is 1.29. The van der Waals surface area contributed by atoms with Crippen LogP contribution >= 0.6 is 0 Å². The summed E-state index contributed by atoms with van der Waals surface area (Å²) in [7, 11) is 3.24. The first-order chi connectivity index (χ1) is 31.9. The molecule has 16 heteroatoms. The smallest absolute Gasteiger partial charge is 0.324 e. The maximum Gasteiger partial charge on any atom is 0.324 e. The summed E-state index contributed by atoms with van der Waals surface area (Å²) >= 11 is 0. The number of nitrogens with zero attached hydrogens (tertiary/aromatic N) is 6. The van der Waals surface area contributed by atoms with Crippen molar-refractivity contribution in [3.63, 3.8) is 0 Å². The molecule has 3 aliphatic heterocycles. The van der Waals surface area contributed by atoms with Crippen LogP contribution in [0.1, 0.15) is 77.3 Å². The second-order valence-corrected chi connectivity index (χ2v) is 19.1. The highest BCUT2D eigenvalue weighted by Crippen LogP contribution is 2.42. The Hall–Kier alpha value is -6.26. The van der Waals surface area contributed by atoms with Crippen molar-refractivity contribution < 1.29 is 38.6 Å². The molecule has 7 rings (SSSR count). The van der Waals surface area contributed by atoms with E-state index < -0.39 is 41.3 Å². The van der Waals surface area contributed by atoms with Gasteiger partial charge in [0.25, 0.3) is 5.91 Å². The van der Waals surface area contributed by atoms with Crippen molar-refractivity contribution in [3.05, 3.63) is 84.2 Å². The van der Waals surface area contributed by atoms with Gasteiger partial charge in [0.05, 0.1) is 24.1 Å². The van der Waals surface area contributed by atoms with Crippen LogP contribution in [-0.4, -0.2) is 136 Å². The zero-order valence-electron chi connectivity index (χ0n) is 40.1. The molecule has 0 radical (unpaired) electrons. The Morgan fingerprint density at radius 2 is 1.78 bits per heavy atom. The Labute approximate surface area is 393 Å². The number of amides is 5. The maximum absolute atomic E-state index is 14.7. The number of aromatic nitrogens is 2. The largest absolute Gasteiger partial charge is 0.508 e. The molecule has 2 aromatic carbocycles. The summed E-state index contributed by atoms with van der Waals surface area (Å²) in [5.74, 6) is -2.07. The van der Waals surface area contributed by atoms with Crippen molar-refractivity contribution in [1.29, 1.82) is 0 Å². The van der Waals surface area contributed by atoms with E-state index in [1.54, 1.807) is 42.3 Å². The van der Waals surface area contributed by atoms with Crippen molar-refractivity contribution in [2.75, 3.05) is 53.5 Å². The third-order valence-electron chi connectivity index (χ3n) is 13.3. The number of phenolic OH excluding ortho intramolecular Hbond substituents is 1. The lowest BCUT2D eigenvalue weighted by Crippen LogP contribution is -2.63. The van der Waals surface area contributed by atoms with Gasteiger partial charge < -0.3 is 39.2 Å². The molecule has 0 aliphatic carbocycles. The second kappa shape index (κ2) is 20.3. The van der Waals surface area contributed by atoms with Crippen LogP contribution in [0.5, 0.6) is 5.75 Å². The van der Waals surface area contributed by atoms with Gasteiger partial charge in [0, 0.05) is 87.9 Å². The summed E-state index contributed by atoms with van der Waals surface area (Å²) in [6, 6.07) is 12.1. The molecule has 5 heterocycles. The number of nitrogens with one attached hydrogen (secondary N) is 2. The van der Waals surface area contributed by atoms with Gasteiger partial charge in [0.2, 0.25) is 11.8 Å². The molecule has 2 aromatic heterocycles. The molecule has 16 nitrogen and oxygen atoms in total. The predicted molar refractivity (Wildman–Crippen MR) is 255 cm³/mol. The molecule has 4 aromatic rings. The molecular formula is C51H66N8O8. The number of hydrogen-bond acceptors (Lipinski definition) is 10. The van der Waals surface area contributed by atoms with Crippen molar-refractivity contribution in [2.45, 2.75) is 98.0 Å². The summed E-state index contributed by atoms with van der Waals surface area (Å²) in [6.07, 6.45) is 4.21. The van der Waals surface area contributed by atoms with Crippen LogP contribution in [-0.2, 0) is 48.0 Å². The number of urea groups is 1. The van der Waals surface area contributed by atoms with Gasteiger partial charge in [-0.15, -0.1) is 0 Å². The van der Waals surface area contributed by atoms with Crippen LogP contribution in [0.15, 0.2) is 67.4 Å². The van der Waals surface area contributed by atoms with Gasteiger partial charge in [-0.05, 0) is 104 Å². The number of hydrazine groups is 1. The zero-order valence-corrected chi connectivity index (χ0v) is 40.1. The standard InChI is InChI=1S/C51H66N8O8/c1-10-43(61)56-20-22-57(23-21-56)50(65)55(8)45(31(3)4)47(62)53-41-26-33-24-35(27-36(60)25-33)34-16-17-42-38(28-34)39(46(58(42)11-2)37-14-12-18-52-44(37)32(5)66-9)29-51(6,7)30-67-49(64)40-15-13-19-59(54-40)48(41)63/h10,12,14,16-18,24-25,27-28,31-32,40-41,45,54,60H,1,11,13,15,19-23,26,29-30H2,2-9H3,(H,53,62)/t32-,40-,41-,45-/m0/s1. The van der Waals surface area contributed by atoms with Gasteiger partial charge in [0.15, 0.2) is 0 Å². The first kappa shape index (κ1) is 48.7. The number of pyridine rings is 1. The fourth-order valence-corrected chi connectivity index (χ4v) is 9.84. The predicted octanol–water partition coefficient (Wildman–Crippen LogP) is 5.86. The first-order valence-corrected chi connectivity index (χ1v) is 23.4. The normalized spacial score (nSPS) is 19.9. The fourth-order valence-electron chi connectivity index (χ4n) is 9.84. The topological polar surface area (TPSA) is 179 Å². The van der Waals surface area contributed by atoms with Crippen molar-refractivity contribution >= 4 is 40.6 Å². The third kappa shape index (κ3) is 10.3. The van der Waals surface area contributed by atoms with Crippen LogP contribution in [0, 0.1) is 11.3 Å². The molecule has 5 amide bonds. The minimum atomic E-state index is -1.17. The van der Waals surface area contributed by atoms with Crippen LogP contribution in [0.4, 0.5) is 4.79 Å². The Morgan fingerprint density at radius 1 is 1.04 bits per heavy atom. The van der Waals surface area contributed by atoms with E-state index in [4.69, 9.17) is 14.5 Å². The average molecular weight is 919 g/mol. The third-order valence-corrected chi connectivity index (χ3v) is 13.3. The van der Waals surface area contributed by atoms with E-state index in [0.717, 1.165) is 39.0 Å². The summed E-state index contributed by atoms with van der Waals surface area (Å²) in [4.78, 5) is 78.7. The van der Waals surface area contributed by atoms with E-state index in [2.05, 4.69) is 60.9 Å². The van der Waals surface area contributed by atoms with E-state index in [1.165, 1.54) is 16.0 Å². The Morgan fingerprint density at radius 3 is 2.46 bits per heavy atom. The molecule has 6 bridgehead atoms. The Kier molecular flexibility index (Phi) is 14.8. The number of esters is 1. The number of aromatic hydroxyl groups is 1. The quantitative estimate of drug-likeness (QED) is 0.136. The highest BCUT2D eigenvalue weighted by Gasteiger charge is 2.39. The molecule has 0 spiro atoms. The van der Waals surface area contributed by atoms with Gasteiger partial charge in [-0.3, -0.25) is 29.2 Å². The lowest BCUT2D eigenvalue weighted by Gasteiger charge is -2.39. The van der Waals surface area contributed by atoms with E-state index in [9.17, 15) is 29.1 Å². The SMILES string of the molecule is C=CC(=O)N1CCN(C(=O)N(C)[C@H](C(=O)N[C@H]2Cc3cc(O)cc(c3)-c3ccc4c(c3)c(c(-c3cccnc3[C@H](C)OC)n4CC)CC(C)(C)COC(=O)[C@@H]3CCCN(N3)C2=O)C(C)C)CC1. The number of likely N-dealkylation sites (N-methyl/N-ethyl adjacent to an activating group) is 1. The summed E-state index contributed by atoms with van der Waals surface area (Å²) in [5, 5.41) is 16.7. The number of methoxy groups -OCH3 is 1. The van der Waals surface area contributed by atoms with Gasteiger partial charge in [-0.2, -0.15) is 0 Å². The van der Waals surface area contributed by atoms with E-state index >= 15 is 0 Å². The number of ether oxygens (including phenoxy) is 2. The minimum absolute atomic E-state index is 0.0133. The lowest BCUT2D eigenvalue weighted by atomic mass is 9.84. The van der Waals surface area contributed by atoms with Crippen LogP contribution < -0.4 is 10.7 Å². The van der Waals surface area contributed by atoms with Crippen molar-refractivity contribution in [2.24, 2.45) is 11.3 Å². The van der Waals surface area contributed by atoms with E-state index in [1.807, 2.05) is 39.0 Å². The Bertz CT molecular complexity index is 2530.